The summed E-state index contributed by atoms with van der Waals surface area (Å²) in [5.74, 6) is 0.461. The van der Waals surface area contributed by atoms with Crippen LogP contribution in [0, 0.1) is 0 Å². The maximum atomic E-state index is 12.7. The number of rotatable bonds is 3. The molecule has 1 atom stereocenters. The first-order chi connectivity index (χ1) is 12.2. The summed E-state index contributed by atoms with van der Waals surface area (Å²) in [6.07, 6.45) is 1.90. The van der Waals surface area contributed by atoms with Crippen LogP contribution in [0.5, 0.6) is 0 Å². The lowest BCUT2D eigenvalue weighted by atomic mass is 9.96. The molecule has 0 aliphatic carbocycles. The van der Waals surface area contributed by atoms with Gasteiger partial charge in [-0.25, -0.2) is 4.98 Å². The Kier molecular flexibility index (Phi) is 4.51. The van der Waals surface area contributed by atoms with Crippen molar-refractivity contribution in [3.8, 4) is 0 Å². The van der Waals surface area contributed by atoms with Crippen LogP contribution in [0.25, 0.3) is 10.2 Å². The van der Waals surface area contributed by atoms with E-state index in [9.17, 15) is 4.79 Å². The van der Waals surface area contributed by atoms with E-state index in [4.69, 9.17) is 10.7 Å². The van der Waals surface area contributed by atoms with Crippen molar-refractivity contribution in [2.75, 3.05) is 13.1 Å². The first-order valence-electron chi connectivity index (χ1n) is 8.67. The SMILES string of the molecule is NC(C(=O)N1CCC(c2nc3ccccc3s2)CC1)c1ccccc1. The first kappa shape index (κ1) is 16.2. The van der Waals surface area contributed by atoms with Crippen LogP contribution in [-0.2, 0) is 4.79 Å². The molecule has 0 bridgehead atoms. The molecule has 4 rings (SSSR count). The van der Waals surface area contributed by atoms with Crippen LogP contribution >= 0.6 is 11.3 Å². The Labute approximate surface area is 151 Å². The predicted molar refractivity (Wildman–Crippen MR) is 102 cm³/mol. The molecule has 0 saturated carbocycles. The van der Waals surface area contributed by atoms with Crippen LogP contribution in [-0.4, -0.2) is 28.9 Å². The van der Waals surface area contributed by atoms with Crippen molar-refractivity contribution >= 4 is 27.5 Å². The van der Waals surface area contributed by atoms with E-state index in [0.717, 1.165) is 37.0 Å². The summed E-state index contributed by atoms with van der Waals surface area (Å²) in [6, 6.07) is 17.3. The first-order valence-corrected chi connectivity index (χ1v) is 9.49. The Morgan fingerprint density at radius 1 is 1.08 bits per heavy atom. The zero-order chi connectivity index (χ0) is 17.2. The fourth-order valence-corrected chi connectivity index (χ4v) is 4.55. The summed E-state index contributed by atoms with van der Waals surface area (Å²) >= 11 is 1.78. The number of fused-ring (bicyclic) bond motifs is 1. The number of carbonyl (C=O) groups excluding carboxylic acids is 1. The predicted octanol–water partition coefficient (Wildman–Crippen LogP) is 3.70. The van der Waals surface area contributed by atoms with E-state index in [2.05, 4.69) is 18.2 Å². The Morgan fingerprint density at radius 2 is 1.76 bits per heavy atom. The Morgan fingerprint density at radius 3 is 2.48 bits per heavy atom. The van der Waals surface area contributed by atoms with Gasteiger partial charge < -0.3 is 10.6 Å². The molecule has 1 saturated heterocycles. The molecule has 2 aromatic carbocycles. The van der Waals surface area contributed by atoms with E-state index < -0.39 is 6.04 Å². The largest absolute Gasteiger partial charge is 0.341 e. The maximum absolute atomic E-state index is 12.7. The number of hydrogen-bond acceptors (Lipinski definition) is 4. The van der Waals surface area contributed by atoms with E-state index in [1.54, 1.807) is 11.3 Å². The van der Waals surface area contributed by atoms with Gasteiger partial charge in [-0.15, -0.1) is 11.3 Å². The topological polar surface area (TPSA) is 59.2 Å². The molecule has 5 heteroatoms. The van der Waals surface area contributed by atoms with Crippen LogP contribution in [0.4, 0.5) is 0 Å². The van der Waals surface area contributed by atoms with Crippen molar-refractivity contribution in [1.29, 1.82) is 0 Å². The minimum Gasteiger partial charge on any atom is -0.341 e. The van der Waals surface area contributed by atoms with E-state index in [-0.39, 0.29) is 5.91 Å². The van der Waals surface area contributed by atoms with E-state index >= 15 is 0 Å². The van der Waals surface area contributed by atoms with Gasteiger partial charge >= 0.3 is 0 Å². The number of carbonyl (C=O) groups is 1. The van der Waals surface area contributed by atoms with Crippen LogP contribution in [0.3, 0.4) is 0 Å². The summed E-state index contributed by atoms with van der Waals surface area (Å²) in [4.78, 5) is 19.4. The normalized spacial score (nSPS) is 16.9. The van der Waals surface area contributed by atoms with Crippen LogP contribution in [0.2, 0.25) is 0 Å². The van der Waals surface area contributed by atoms with Gasteiger partial charge in [-0.1, -0.05) is 42.5 Å². The Hall–Kier alpha value is -2.24. The second kappa shape index (κ2) is 6.94. The third kappa shape index (κ3) is 3.30. The van der Waals surface area contributed by atoms with Gasteiger partial charge in [0.25, 0.3) is 0 Å². The second-order valence-electron chi connectivity index (χ2n) is 6.51. The molecule has 4 nitrogen and oxygen atoms in total. The highest BCUT2D eigenvalue weighted by Gasteiger charge is 2.28. The number of nitrogens with zero attached hydrogens (tertiary/aromatic N) is 2. The van der Waals surface area contributed by atoms with E-state index in [0.29, 0.717) is 5.92 Å². The smallest absolute Gasteiger partial charge is 0.244 e. The minimum atomic E-state index is -0.569. The standard InChI is InChI=1S/C20H21N3OS/c21-18(14-6-2-1-3-7-14)20(24)23-12-10-15(11-13-23)19-22-16-8-4-5-9-17(16)25-19/h1-9,15,18H,10-13,21H2. The molecule has 0 spiro atoms. The fourth-order valence-electron chi connectivity index (χ4n) is 3.41. The molecular weight excluding hydrogens is 330 g/mol. The monoisotopic (exact) mass is 351 g/mol. The van der Waals surface area contributed by atoms with Crippen LogP contribution in [0.15, 0.2) is 54.6 Å². The lowest BCUT2D eigenvalue weighted by Gasteiger charge is -2.32. The molecule has 128 valence electrons. The number of nitrogens with two attached hydrogens (primary N) is 1. The van der Waals surface area contributed by atoms with Gasteiger partial charge in [-0.3, -0.25) is 4.79 Å². The number of benzene rings is 2. The highest BCUT2D eigenvalue weighted by molar-refractivity contribution is 7.18. The zero-order valence-corrected chi connectivity index (χ0v) is 14.8. The molecule has 1 amide bonds. The lowest BCUT2D eigenvalue weighted by Crippen LogP contribution is -2.42. The molecule has 3 aromatic rings. The summed E-state index contributed by atoms with van der Waals surface area (Å²) in [7, 11) is 0. The molecule has 0 radical (unpaired) electrons. The van der Waals surface area contributed by atoms with Gasteiger partial charge in [-0.05, 0) is 30.5 Å². The van der Waals surface area contributed by atoms with Gasteiger partial charge in [0.15, 0.2) is 0 Å². The highest BCUT2D eigenvalue weighted by atomic mass is 32.1. The van der Waals surface area contributed by atoms with Crippen molar-refractivity contribution in [1.82, 2.24) is 9.88 Å². The Balaban J connectivity index is 1.41. The minimum absolute atomic E-state index is 0.0222. The summed E-state index contributed by atoms with van der Waals surface area (Å²) in [6.45, 7) is 1.50. The van der Waals surface area contributed by atoms with Gasteiger partial charge in [0.2, 0.25) is 5.91 Å². The number of amides is 1. The quantitative estimate of drug-likeness (QED) is 0.783. The van der Waals surface area contributed by atoms with Crippen molar-refractivity contribution in [3.05, 3.63) is 65.2 Å². The molecule has 1 aliphatic rings. The van der Waals surface area contributed by atoms with Crippen molar-refractivity contribution < 1.29 is 4.79 Å². The number of piperidine rings is 1. The van der Waals surface area contributed by atoms with Crippen molar-refractivity contribution in [2.24, 2.45) is 5.73 Å². The molecule has 1 aliphatic heterocycles. The molecule has 25 heavy (non-hydrogen) atoms. The van der Waals surface area contributed by atoms with Crippen LogP contribution in [0.1, 0.15) is 35.4 Å². The molecule has 2 heterocycles. The van der Waals surface area contributed by atoms with Gasteiger partial charge in [-0.2, -0.15) is 0 Å². The number of thiazole rings is 1. The summed E-state index contributed by atoms with van der Waals surface area (Å²) < 4.78 is 1.24. The molecule has 1 aromatic heterocycles. The van der Waals surface area contributed by atoms with Crippen molar-refractivity contribution in [2.45, 2.75) is 24.8 Å². The van der Waals surface area contributed by atoms with E-state index in [1.807, 2.05) is 41.3 Å². The number of para-hydroxylation sites is 1. The highest BCUT2D eigenvalue weighted by Crippen LogP contribution is 2.34. The number of hydrogen-bond donors (Lipinski definition) is 1. The molecular formula is C20H21N3OS. The second-order valence-corrected chi connectivity index (χ2v) is 7.57. The Bertz CT molecular complexity index is 836. The van der Waals surface area contributed by atoms with Gasteiger partial charge in [0.1, 0.15) is 6.04 Å². The van der Waals surface area contributed by atoms with Gasteiger partial charge in [0, 0.05) is 19.0 Å². The van der Waals surface area contributed by atoms with Gasteiger partial charge in [0.05, 0.1) is 15.2 Å². The molecule has 1 fully saturated rings. The number of likely N-dealkylation sites (tertiary alicyclic amines) is 1. The third-order valence-corrected chi connectivity index (χ3v) is 6.09. The number of aromatic nitrogens is 1. The lowest BCUT2D eigenvalue weighted by molar-refractivity contribution is -0.133. The maximum Gasteiger partial charge on any atom is 0.244 e. The fraction of sp³-hybridized carbons (Fsp3) is 0.300. The van der Waals surface area contributed by atoms with Crippen LogP contribution < -0.4 is 5.73 Å². The average Bonchev–Trinajstić information content (AvgIpc) is 3.12. The van der Waals surface area contributed by atoms with E-state index in [1.165, 1.54) is 9.71 Å². The third-order valence-electron chi connectivity index (χ3n) is 4.89. The molecule has 1 unspecified atom stereocenters. The van der Waals surface area contributed by atoms with Crippen molar-refractivity contribution in [3.63, 3.8) is 0 Å². The average molecular weight is 351 g/mol. The zero-order valence-electron chi connectivity index (χ0n) is 14.0. The summed E-state index contributed by atoms with van der Waals surface area (Å²) in [5, 5.41) is 1.20. The summed E-state index contributed by atoms with van der Waals surface area (Å²) in [5.41, 5.74) is 8.12. The molecule has 2 N–H and O–H groups in total.